The van der Waals surface area contributed by atoms with Gasteiger partial charge in [-0.2, -0.15) is 0 Å². The third-order valence-corrected chi connectivity index (χ3v) is 8.88. The molecule has 10 nitrogen and oxygen atoms in total. The number of fused-ring (bicyclic) bond motifs is 1. The maximum Gasteiger partial charge on any atom is 0.338 e. The summed E-state index contributed by atoms with van der Waals surface area (Å²) in [7, 11) is 0. The van der Waals surface area contributed by atoms with Crippen molar-refractivity contribution in [2.75, 3.05) is 19.7 Å². The fourth-order valence-corrected chi connectivity index (χ4v) is 6.27. The number of benzene rings is 2. The molecule has 4 N–H and O–H groups in total. The maximum atomic E-state index is 13.6. The summed E-state index contributed by atoms with van der Waals surface area (Å²) >= 11 is 0. The number of hydrogen-bond acceptors (Lipinski definition) is 8. The van der Waals surface area contributed by atoms with E-state index in [1.807, 2.05) is 30.4 Å². The van der Waals surface area contributed by atoms with Crippen LogP contribution in [0.25, 0.3) is 6.08 Å². The van der Waals surface area contributed by atoms with E-state index in [4.69, 9.17) is 19.3 Å². The lowest BCUT2D eigenvalue weighted by molar-refractivity contribution is -0.190. The first kappa shape index (κ1) is 37.8. The molecule has 0 spiro atoms. The van der Waals surface area contributed by atoms with Gasteiger partial charge in [0.1, 0.15) is 24.1 Å². The number of aliphatic hydroxyl groups excluding tert-OH is 1. The predicted octanol–water partition coefficient (Wildman–Crippen LogP) is 5.76. The molecule has 0 saturated carbocycles. The number of amides is 2. The number of phenolic OH excluding ortho intramolecular Hbond substituents is 1. The number of allylic oxidation sites excluding steroid dienone is 1. The molecular formula is C39H52N2O8. The molecule has 1 heterocycles. The van der Waals surface area contributed by atoms with Gasteiger partial charge in [0.05, 0.1) is 12.2 Å². The Morgan fingerprint density at radius 1 is 0.959 bits per heavy atom. The summed E-state index contributed by atoms with van der Waals surface area (Å²) in [6, 6.07) is 14.3. The standard InChI is InChI=1S/C39H52N2O8/c1-3-5-9-20-39(21-10-6-4-2)48-34-27-31(37(45)41-22-19-35(44)40-23-24-42)26-33(36(34)49-39)47-38(46)30-17-12-14-28(25-30)13-11-16-29-15-7-8-18-32(29)43/h7-8,11-15,17-18,25,27,33-34,36,42-43H,3-6,9-10,16,19-24,26H2,1-2H3,(H,40,44)(H,41,45)/t33-,34-,36+/m1/s1. The number of aromatic hydroxyl groups is 1. The van der Waals surface area contributed by atoms with Crippen LogP contribution in [-0.2, 0) is 30.2 Å². The summed E-state index contributed by atoms with van der Waals surface area (Å²) in [6.45, 7) is 4.41. The molecule has 1 aliphatic heterocycles. The predicted molar refractivity (Wildman–Crippen MR) is 188 cm³/mol. The van der Waals surface area contributed by atoms with Crippen molar-refractivity contribution in [3.8, 4) is 5.75 Å². The fraction of sp³-hybridized carbons (Fsp3) is 0.513. The monoisotopic (exact) mass is 676 g/mol. The molecule has 1 fully saturated rings. The number of esters is 1. The molecular weight excluding hydrogens is 624 g/mol. The van der Waals surface area contributed by atoms with Gasteiger partial charge < -0.3 is 35.1 Å². The van der Waals surface area contributed by atoms with Crippen molar-refractivity contribution < 1.29 is 38.8 Å². The number of phenols is 1. The lowest BCUT2D eigenvalue weighted by Crippen LogP contribution is -2.44. The van der Waals surface area contributed by atoms with Crippen LogP contribution in [0.4, 0.5) is 0 Å². The molecule has 1 saturated heterocycles. The van der Waals surface area contributed by atoms with Crippen LogP contribution in [0.2, 0.25) is 0 Å². The number of carbonyl (C=O) groups is 3. The highest BCUT2D eigenvalue weighted by Gasteiger charge is 2.52. The molecule has 0 bridgehead atoms. The Labute approximate surface area is 289 Å². The number of aliphatic hydroxyl groups is 1. The minimum Gasteiger partial charge on any atom is -0.508 e. The van der Waals surface area contributed by atoms with E-state index in [-0.39, 0.29) is 50.1 Å². The summed E-state index contributed by atoms with van der Waals surface area (Å²) in [5, 5.41) is 24.4. The minimum atomic E-state index is -0.824. The Morgan fingerprint density at radius 3 is 2.43 bits per heavy atom. The van der Waals surface area contributed by atoms with Crippen LogP contribution in [-0.4, -0.2) is 71.8 Å². The molecule has 10 heteroatoms. The average molecular weight is 677 g/mol. The highest BCUT2D eigenvalue weighted by molar-refractivity contribution is 5.94. The van der Waals surface area contributed by atoms with Gasteiger partial charge in [0.2, 0.25) is 11.8 Å². The summed E-state index contributed by atoms with van der Waals surface area (Å²) < 4.78 is 19.5. The summed E-state index contributed by atoms with van der Waals surface area (Å²) in [4.78, 5) is 38.9. The van der Waals surface area contributed by atoms with Gasteiger partial charge in [0, 0.05) is 44.3 Å². The number of rotatable bonds is 19. The molecule has 49 heavy (non-hydrogen) atoms. The minimum absolute atomic E-state index is 0.0678. The van der Waals surface area contributed by atoms with Crippen molar-refractivity contribution in [1.82, 2.24) is 10.6 Å². The molecule has 2 aromatic carbocycles. The molecule has 0 unspecified atom stereocenters. The first-order valence-corrected chi connectivity index (χ1v) is 17.7. The van der Waals surface area contributed by atoms with Crippen molar-refractivity contribution in [3.05, 3.63) is 82.9 Å². The molecule has 4 rings (SSSR count). The zero-order chi connectivity index (χ0) is 35.1. The average Bonchev–Trinajstić information content (AvgIpc) is 3.47. The third-order valence-electron chi connectivity index (χ3n) is 8.88. The van der Waals surface area contributed by atoms with Gasteiger partial charge in [-0.3, -0.25) is 9.59 Å². The van der Waals surface area contributed by atoms with Gasteiger partial charge in [-0.25, -0.2) is 4.79 Å². The van der Waals surface area contributed by atoms with Crippen molar-refractivity contribution in [1.29, 1.82) is 0 Å². The van der Waals surface area contributed by atoms with Gasteiger partial charge >= 0.3 is 5.97 Å². The number of hydrogen-bond donors (Lipinski definition) is 4. The van der Waals surface area contributed by atoms with Crippen LogP contribution < -0.4 is 10.6 Å². The van der Waals surface area contributed by atoms with Crippen LogP contribution in [0, 0.1) is 0 Å². The van der Waals surface area contributed by atoms with Gasteiger partial charge in [-0.15, -0.1) is 0 Å². The Kier molecular flexibility index (Phi) is 14.9. The zero-order valence-electron chi connectivity index (χ0n) is 28.8. The van der Waals surface area contributed by atoms with E-state index in [1.165, 1.54) is 0 Å². The molecule has 2 aromatic rings. The first-order chi connectivity index (χ1) is 23.8. The van der Waals surface area contributed by atoms with Gasteiger partial charge in [0.15, 0.2) is 5.79 Å². The molecule has 3 atom stereocenters. The highest BCUT2D eigenvalue weighted by atomic mass is 16.8. The second kappa shape index (κ2) is 19.3. The molecule has 2 amide bonds. The van der Waals surface area contributed by atoms with Crippen molar-refractivity contribution in [3.63, 3.8) is 0 Å². The van der Waals surface area contributed by atoms with Crippen LogP contribution in [0.5, 0.6) is 5.75 Å². The topological polar surface area (TPSA) is 143 Å². The van der Waals surface area contributed by atoms with Crippen molar-refractivity contribution in [2.45, 2.75) is 109 Å². The number of ether oxygens (including phenoxy) is 3. The van der Waals surface area contributed by atoms with Gasteiger partial charge in [0.25, 0.3) is 0 Å². The smallest absolute Gasteiger partial charge is 0.338 e. The summed E-state index contributed by atoms with van der Waals surface area (Å²) in [6.07, 6.45) is 11.9. The number of unbranched alkanes of at least 4 members (excludes halogenated alkanes) is 4. The van der Waals surface area contributed by atoms with E-state index in [1.54, 1.807) is 36.4 Å². The number of carbonyl (C=O) groups excluding carboxylic acids is 3. The lowest BCUT2D eigenvalue weighted by atomic mass is 9.91. The quantitative estimate of drug-likeness (QED) is 0.109. The van der Waals surface area contributed by atoms with E-state index in [9.17, 15) is 19.5 Å². The third kappa shape index (κ3) is 11.3. The van der Waals surface area contributed by atoms with E-state index < -0.39 is 30.1 Å². The van der Waals surface area contributed by atoms with Crippen molar-refractivity contribution >= 4 is 23.9 Å². The molecule has 2 aliphatic rings. The second-order valence-electron chi connectivity index (χ2n) is 12.8. The Bertz CT molecular complexity index is 1440. The highest BCUT2D eigenvalue weighted by Crippen LogP contribution is 2.43. The fourth-order valence-electron chi connectivity index (χ4n) is 6.27. The summed E-state index contributed by atoms with van der Waals surface area (Å²) in [5.74, 6) is -1.75. The maximum absolute atomic E-state index is 13.6. The normalized spacial score (nSPS) is 19.7. The molecule has 0 radical (unpaired) electrons. The van der Waals surface area contributed by atoms with Crippen molar-refractivity contribution in [2.24, 2.45) is 0 Å². The lowest BCUT2D eigenvalue weighted by Gasteiger charge is -2.31. The molecule has 0 aromatic heterocycles. The molecule has 1 aliphatic carbocycles. The van der Waals surface area contributed by atoms with Crippen LogP contribution in [0.3, 0.4) is 0 Å². The Hall–Kier alpha value is -3.99. The second-order valence-corrected chi connectivity index (χ2v) is 12.8. The number of para-hydroxylation sites is 1. The van der Waals surface area contributed by atoms with E-state index in [0.29, 0.717) is 30.4 Å². The van der Waals surface area contributed by atoms with Gasteiger partial charge in [-0.05, 0) is 54.7 Å². The largest absolute Gasteiger partial charge is 0.508 e. The Morgan fingerprint density at radius 2 is 1.71 bits per heavy atom. The molecule has 266 valence electrons. The first-order valence-electron chi connectivity index (χ1n) is 17.7. The SMILES string of the molecule is CCCCCC1(CCCCC)O[C@@H]2[C@@H](C=C(C(=O)NCCC(=O)NCCO)C[C@H]2OC(=O)c2cccc(C=CCc3ccccc3O)c2)O1. The van der Waals surface area contributed by atoms with Gasteiger partial charge in [-0.1, -0.05) is 82.0 Å². The van der Waals surface area contributed by atoms with E-state index in [0.717, 1.165) is 49.7 Å². The van der Waals surface area contributed by atoms with E-state index in [2.05, 4.69) is 24.5 Å². The Balaban J connectivity index is 1.50. The summed E-state index contributed by atoms with van der Waals surface area (Å²) in [5.41, 5.74) is 2.39. The zero-order valence-corrected chi connectivity index (χ0v) is 28.8. The van der Waals surface area contributed by atoms with Crippen LogP contribution in [0.15, 0.2) is 66.3 Å². The van der Waals surface area contributed by atoms with Crippen LogP contribution >= 0.6 is 0 Å². The number of nitrogens with one attached hydrogen (secondary N) is 2. The van der Waals surface area contributed by atoms with Crippen LogP contribution in [0.1, 0.15) is 99.5 Å². The van der Waals surface area contributed by atoms with E-state index >= 15 is 0 Å².